The molecule has 0 saturated carbocycles. The third kappa shape index (κ3) is 3.91. The lowest BCUT2D eigenvalue weighted by Gasteiger charge is -2.20. The van der Waals surface area contributed by atoms with Gasteiger partial charge in [0.05, 0.1) is 6.21 Å². The van der Waals surface area contributed by atoms with Crippen molar-refractivity contribution >= 4 is 24.1 Å². The molecule has 134 valence electrons. The molecule has 0 bridgehead atoms. The van der Waals surface area contributed by atoms with E-state index in [1.807, 2.05) is 12.1 Å². The predicted molar refractivity (Wildman–Crippen MR) is 111 cm³/mol. The molecule has 0 spiro atoms. The standard InChI is InChI=1S/C20H23N5S/c1-4-24(5-2)18-11-9-16(10-12-18)14-21-25-19(22-23-20(25)26)17-8-6-7-15(3)13-17/h6-14H,4-5H2,1-3H3,(H,23,26)/b21-14-. The number of benzene rings is 2. The minimum absolute atomic E-state index is 0.470. The van der Waals surface area contributed by atoms with Crippen molar-refractivity contribution in [3.05, 3.63) is 64.4 Å². The highest BCUT2D eigenvalue weighted by molar-refractivity contribution is 7.71. The van der Waals surface area contributed by atoms with Crippen LogP contribution in [-0.2, 0) is 0 Å². The second-order valence-electron chi connectivity index (χ2n) is 6.04. The van der Waals surface area contributed by atoms with E-state index in [9.17, 15) is 0 Å². The number of hydrogen-bond acceptors (Lipinski definition) is 4. The summed E-state index contributed by atoms with van der Waals surface area (Å²) in [5, 5.41) is 11.7. The van der Waals surface area contributed by atoms with Gasteiger partial charge in [0.2, 0.25) is 4.77 Å². The van der Waals surface area contributed by atoms with Gasteiger partial charge in [0.15, 0.2) is 5.82 Å². The zero-order chi connectivity index (χ0) is 18.5. The van der Waals surface area contributed by atoms with Crippen LogP contribution in [-0.4, -0.2) is 34.2 Å². The number of nitrogens with one attached hydrogen (secondary N) is 1. The summed E-state index contributed by atoms with van der Waals surface area (Å²) in [7, 11) is 0. The lowest BCUT2D eigenvalue weighted by molar-refractivity contribution is 0.865. The number of aromatic nitrogens is 3. The number of H-pyrrole nitrogens is 1. The quantitative estimate of drug-likeness (QED) is 0.511. The minimum atomic E-state index is 0.470. The number of anilines is 1. The van der Waals surface area contributed by atoms with Gasteiger partial charge in [0, 0.05) is 24.3 Å². The van der Waals surface area contributed by atoms with Crippen LogP contribution < -0.4 is 4.90 Å². The molecule has 2 aromatic carbocycles. The molecular formula is C20H23N5S. The van der Waals surface area contributed by atoms with E-state index in [2.05, 4.69) is 77.4 Å². The molecule has 0 aliphatic rings. The number of aromatic amines is 1. The fourth-order valence-corrected chi connectivity index (χ4v) is 3.03. The largest absolute Gasteiger partial charge is 0.372 e. The van der Waals surface area contributed by atoms with Crippen molar-refractivity contribution in [2.45, 2.75) is 20.8 Å². The molecule has 3 aromatic rings. The first-order valence-corrected chi connectivity index (χ1v) is 9.17. The Morgan fingerprint density at radius 3 is 2.54 bits per heavy atom. The van der Waals surface area contributed by atoms with Gasteiger partial charge in [0.1, 0.15) is 0 Å². The minimum Gasteiger partial charge on any atom is -0.372 e. The van der Waals surface area contributed by atoms with Crippen LogP contribution in [0.25, 0.3) is 11.4 Å². The summed E-state index contributed by atoms with van der Waals surface area (Å²) in [4.78, 5) is 2.31. The summed E-state index contributed by atoms with van der Waals surface area (Å²) in [5.74, 6) is 0.703. The predicted octanol–water partition coefficient (Wildman–Crippen LogP) is 4.64. The van der Waals surface area contributed by atoms with Gasteiger partial charge in [-0.05, 0) is 56.8 Å². The lowest BCUT2D eigenvalue weighted by Crippen LogP contribution is -2.21. The maximum atomic E-state index is 5.33. The van der Waals surface area contributed by atoms with Crippen LogP contribution in [0, 0.1) is 11.7 Å². The molecule has 0 aliphatic heterocycles. The molecule has 0 atom stereocenters. The molecule has 3 rings (SSSR count). The van der Waals surface area contributed by atoms with E-state index in [1.165, 1.54) is 11.3 Å². The molecule has 0 unspecified atom stereocenters. The molecule has 1 heterocycles. The van der Waals surface area contributed by atoms with Gasteiger partial charge >= 0.3 is 0 Å². The molecule has 5 nitrogen and oxygen atoms in total. The van der Waals surface area contributed by atoms with Crippen LogP contribution in [0.15, 0.2) is 53.6 Å². The number of aryl methyl sites for hydroxylation is 1. The van der Waals surface area contributed by atoms with Crippen molar-refractivity contribution in [3.8, 4) is 11.4 Å². The first-order chi connectivity index (χ1) is 12.6. The Morgan fingerprint density at radius 2 is 1.88 bits per heavy atom. The van der Waals surface area contributed by atoms with Crippen LogP contribution in [0.1, 0.15) is 25.0 Å². The first-order valence-electron chi connectivity index (χ1n) is 8.76. The van der Waals surface area contributed by atoms with Gasteiger partial charge in [-0.1, -0.05) is 35.9 Å². The first kappa shape index (κ1) is 18.1. The van der Waals surface area contributed by atoms with Crippen molar-refractivity contribution in [1.29, 1.82) is 0 Å². The molecule has 0 saturated heterocycles. The zero-order valence-electron chi connectivity index (χ0n) is 15.3. The molecule has 0 aliphatic carbocycles. The zero-order valence-corrected chi connectivity index (χ0v) is 16.1. The third-order valence-electron chi connectivity index (χ3n) is 4.27. The Labute approximate surface area is 159 Å². The summed E-state index contributed by atoms with van der Waals surface area (Å²) in [6.07, 6.45) is 1.80. The fourth-order valence-electron chi connectivity index (χ4n) is 2.85. The second-order valence-corrected chi connectivity index (χ2v) is 6.43. The topological polar surface area (TPSA) is 49.2 Å². The average Bonchev–Trinajstić information content (AvgIpc) is 3.03. The molecule has 0 amide bonds. The van der Waals surface area contributed by atoms with E-state index in [0.29, 0.717) is 10.6 Å². The van der Waals surface area contributed by atoms with Gasteiger partial charge < -0.3 is 4.90 Å². The molecule has 1 N–H and O–H groups in total. The van der Waals surface area contributed by atoms with Crippen LogP contribution in [0.2, 0.25) is 0 Å². The Kier molecular flexibility index (Phi) is 5.63. The molecule has 1 aromatic heterocycles. The van der Waals surface area contributed by atoms with Crippen molar-refractivity contribution in [1.82, 2.24) is 14.9 Å². The van der Waals surface area contributed by atoms with Crippen molar-refractivity contribution in [2.24, 2.45) is 5.10 Å². The number of nitrogens with zero attached hydrogens (tertiary/aromatic N) is 4. The van der Waals surface area contributed by atoms with Crippen molar-refractivity contribution < 1.29 is 0 Å². The fraction of sp³-hybridized carbons (Fsp3) is 0.250. The summed E-state index contributed by atoms with van der Waals surface area (Å²) in [5.41, 5.74) is 4.37. The highest BCUT2D eigenvalue weighted by Gasteiger charge is 2.08. The van der Waals surface area contributed by atoms with Crippen molar-refractivity contribution in [3.63, 3.8) is 0 Å². The smallest absolute Gasteiger partial charge is 0.216 e. The normalized spacial score (nSPS) is 11.2. The molecule has 26 heavy (non-hydrogen) atoms. The van der Waals surface area contributed by atoms with Gasteiger partial charge in [-0.15, -0.1) is 0 Å². The van der Waals surface area contributed by atoms with Gasteiger partial charge in [-0.3, -0.25) is 0 Å². The monoisotopic (exact) mass is 365 g/mol. The Balaban J connectivity index is 1.87. The van der Waals surface area contributed by atoms with Crippen molar-refractivity contribution in [2.75, 3.05) is 18.0 Å². The van der Waals surface area contributed by atoms with E-state index in [0.717, 1.165) is 24.2 Å². The number of hydrogen-bond donors (Lipinski definition) is 1. The molecule has 0 radical (unpaired) electrons. The maximum absolute atomic E-state index is 5.33. The molecular weight excluding hydrogens is 342 g/mol. The van der Waals surface area contributed by atoms with E-state index in [-0.39, 0.29) is 0 Å². The van der Waals surface area contributed by atoms with Crippen LogP contribution in [0.5, 0.6) is 0 Å². The average molecular weight is 366 g/mol. The van der Waals surface area contributed by atoms with Gasteiger partial charge in [0.25, 0.3) is 0 Å². The summed E-state index contributed by atoms with van der Waals surface area (Å²) < 4.78 is 2.13. The van der Waals surface area contributed by atoms with E-state index < -0.39 is 0 Å². The summed E-state index contributed by atoms with van der Waals surface area (Å²) in [6.45, 7) is 8.36. The van der Waals surface area contributed by atoms with Gasteiger partial charge in [-0.25, -0.2) is 5.10 Å². The van der Waals surface area contributed by atoms with E-state index >= 15 is 0 Å². The van der Waals surface area contributed by atoms with Crippen LogP contribution >= 0.6 is 12.2 Å². The Bertz CT molecular complexity index is 949. The molecule has 0 fully saturated rings. The van der Waals surface area contributed by atoms with E-state index in [4.69, 9.17) is 12.2 Å². The maximum Gasteiger partial charge on any atom is 0.216 e. The Hall–Kier alpha value is -2.73. The highest BCUT2D eigenvalue weighted by Crippen LogP contribution is 2.19. The summed E-state index contributed by atoms with van der Waals surface area (Å²) >= 11 is 5.33. The SMILES string of the molecule is CCN(CC)c1ccc(/C=N\n2c(-c3cccc(C)c3)n[nH]c2=S)cc1. The highest BCUT2D eigenvalue weighted by atomic mass is 32.1. The van der Waals surface area contributed by atoms with Crippen LogP contribution in [0.3, 0.4) is 0 Å². The van der Waals surface area contributed by atoms with Gasteiger partial charge in [-0.2, -0.15) is 14.9 Å². The summed E-state index contributed by atoms with van der Waals surface area (Å²) in [6, 6.07) is 16.5. The van der Waals surface area contributed by atoms with E-state index in [1.54, 1.807) is 10.9 Å². The second kappa shape index (κ2) is 8.10. The number of rotatable bonds is 6. The third-order valence-corrected chi connectivity index (χ3v) is 4.53. The lowest BCUT2D eigenvalue weighted by atomic mass is 10.1. The molecule has 6 heteroatoms. The van der Waals surface area contributed by atoms with Crippen LogP contribution in [0.4, 0.5) is 5.69 Å². The Morgan fingerprint density at radius 1 is 1.15 bits per heavy atom.